The average molecular weight is 272 g/mol. The van der Waals surface area contributed by atoms with Gasteiger partial charge in [-0.25, -0.2) is 9.97 Å². The van der Waals surface area contributed by atoms with Crippen molar-refractivity contribution in [2.45, 2.75) is 26.3 Å². The van der Waals surface area contributed by atoms with Gasteiger partial charge in [0.15, 0.2) is 0 Å². The molecule has 5 nitrogen and oxygen atoms in total. The summed E-state index contributed by atoms with van der Waals surface area (Å²) in [6, 6.07) is 2.04. The van der Waals surface area contributed by atoms with E-state index in [0.717, 1.165) is 29.8 Å². The number of pyridine rings is 1. The molecule has 0 aliphatic rings. The van der Waals surface area contributed by atoms with Crippen LogP contribution >= 0.6 is 0 Å². The minimum Gasteiger partial charge on any atom is -0.492 e. The lowest BCUT2D eigenvalue weighted by atomic mass is 10.0. The molecule has 0 fully saturated rings. The van der Waals surface area contributed by atoms with Crippen LogP contribution in [-0.4, -0.2) is 28.1 Å². The molecule has 1 N–H and O–H groups in total. The van der Waals surface area contributed by atoms with Gasteiger partial charge in [0, 0.05) is 24.2 Å². The molecular weight excluding hydrogens is 252 g/mol. The quantitative estimate of drug-likeness (QED) is 0.838. The van der Waals surface area contributed by atoms with Gasteiger partial charge < -0.3 is 10.1 Å². The van der Waals surface area contributed by atoms with E-state index in [-0.39, 0.29) is 6.04 Å². The normalized spacial score (nSPS) is 12.1. The first-order valence-corrected chi connectivity index (χ1v) is 6.91. The fourth-order valence-electron chi connectivity index (χ4n) is 1.98. The SMILES string of the molecule is CCCOc1cncc(C(NCC)c2cncnc2)c1. The van der Waals surface area contributed by atoms with E-state index in [0.29, 0.717) is 6.61 Å². The van der Waals surface area contributed by atoms with Gasteiger partial charge in [-0.3, -0.25) is 4.98 Å². The van der Waals surface area contributed by atoms with Crippen LogP contribution in [0.4, 0.5) is 0 Å². The molecule has 0 radical (unpaired) electrons. The van der Waals surface area contributed by atoms with Gasteiger partial charge in [0.05, 0.1) is 18.8 Å². The van der Waals surface area contributed by atoms with Crippen molar-refractivity contribution in [3.8, 4) is 5.75 Å². The first-order valence-electron chi connectivity index (χ1n) is 6.91. The van der Waals surface area contributed by atoms with Gasteiger partial charge in [-0.15, -0.1) is 0 Å². The van der Waals surface area contributed by atoms with Gasteiger partial charge in [0.25, 0.3) is 0 Å². The number of hydrogen-bond acceptors (Lipinski definition) is 5. The van der Waals surface area contributed by atoms with Gasteiger partial charge in [-0.2, -0.15) is 0 Å². The zero-order valence-electron chi connectivity index (χ0n) is 11.9. The maximum absolute atomic E-state index is 5.64. The summed E-state index contributed by atoms with van der Waals surface area (Å²) in [5, 5.41) is 3.42. The summed E-state index contributed by atoms with van der Waals surface area (Å²) >= 11 is 0. The molecule has 0 aromatic carbocycles. The molecule has 1 unspecified atom stereocenters. The van der Waals surface area contributed by atoms with Crippen LogP contribution in [0.5, 0.6) is 5.75 Å². The molecule has 0 amide bonds. The van der Waals surface area contributed by atoms with E-state index in [4.69, 9.17) is 4.74 Å². The molecule has 2 heterocycles. The van der Waals surface area contributed by atoms with Crippen molar-refractivity contribution in [2.75, 3.05) is 13.2 Å². The van der Waals surface area contributed by atoms with Crippen LogP contribution in [0, 0.1) is 0 Å². The van der Waals surface area contributed by atoms with Crippen LogP contribution < -0.4 is 10.1 Å². The third-order valence-corrected chi connectivity index (χ3v) is 2.86. The molecule has 2 rings (SSSR count). The molecule has 0 bridgehead atoms. The van der Waals surface area contributed by atoms with Crippen molar-refractivity contribution in [2.24, 2.45) is 0 Å². The van der Waals surface area contributed by atoms with E-state index < -0.39 is 0 Å². The Morgan fingerprint density at radius 1 is 1.05 bits per heavy atom. The molecule has 20 heavy (non-hydrogen) atoms. The van der Waals surface area contributed by atoms with Crippen molar-refractivity contribution < 1.29 is 4.74 Å². The summed E-state index contributed by atoms with van der Waals surface area (Å²) in [5.41, 5.74) is 2.07. The zero-order chi connectivity index (χ0) is 14.2. The molecule has 0 saturated heterocycles. The predicted molar refractivity (Wildman–Crippen MR) is 77.6 cm³/mol. The van der Waals surface area contributed by atoms with Crippen molar-refractivity contribution in [1.82, 2.24) is 20.3 Å². The summed E-state index contributed by atoms with van der Waals surface area (Å²) < 4.78 is 5.64. The van der Waals surface area contributed by atoms with Gasteiger partial charge in [-0.05, 0) is 24.6 Å². The Morgan fingerprint density at radius 2 is 1.80 bits per heavy atom. The summed E-state index contributed by atoms with van der Waals surface area (Å²) in [6.07, 6.45) is 9.74. The molecule has 106 valence electrons. The van der Waals surface area contributed by atoms with Gasteiger partial charge >= 0.3 is 0 Å². The minimum absolute atomic E-state index is 0.0267. The van der Waals surface area contributed by atoms with E-state index in [1.807, 2.05) is 24.7 Å². The van der Waals surface area contributed by atoms with Crippen molar-refractivity contribution in [3.05, 3.63) is 48.3 Å². The second-order valence-corrected chi connectivity index (χ2v) is 4.46. The zero-order valence-corrected chi connectivity index (χ0v) is 11.9. The summed E-state index contributed by atoms with van der Waals surface area (Å²) in [5.74, 6) is 0.795. The van der Waals surface area contributed by atoms with Crippen molar-refractivity contribution in [1.29, 1.82) is 0 Å². The lowest BCUT2D eigenvalue weighted by molar-refractivity contribution is 0.315. The highest BCUT2D eigenvalue weighted by molar-refractivity contribution is 5.32. The number of nitrogens with one attached hydrogen (secondary N) is 1. The molecule has 1 atom stereocenters. The lowest BCUT2D eigenvalue weighted by Crippen LogP contribution is -2.22. The highest BCUT2D eigenvalue weighted by Crippen LogP contribution is 2.23. The number of hydrogen-bond donors (Lipinski definition) is 1. The Labute approximate surface area is 119 Å². The second-order valence-electron chi connectivity index (χ2n) is 4.46. The second kappa shape index (κ2) is 7.55. The monoisotopic (exact) mass is 272 g/mol. The van der Waals surface area contributed by atoms with Crippen LogP contribution in [-0.2, 0) is 0 Å². The lowest BCUT2D eigenvalue weighted by Gasteiger charge is -2.18. The Kier molecular flexibility index (Phi) is 5.43. The maximum Gasteiger partial charge on any atom is 0.137 e. The molecule has 0 aliphatic heterocycles. The van der Waals surface area contributed by atoms with Crippen molar-refractivity contribution >= 4 is 0 Å². The predicted octanol–water partition coefficient (Wildman–Crippen LogP) is 2.36. The number of aromatic nitrogens is 3. The molecular formula is C15H20N4O. The third-order valence-electron chi connectivity index (χ3n) is 2.86. The molecule has 0 aliphatic carbocycles. The maximum atomic E-state index is 5.64. The average Bonchev–Trinajstić information content (AvgIpc) is 2.52. The van der Waals surface area contributed by atoms with Crippen molar-refractivity contribution in [3.63, 3.8) is 0 Å². The fourth-order valence-corrected chi connectivity index (χ4v) is 1.98. The van der Waals surface area contributed by atoms with Crippen LogP contribution in [0.2, 0.25) is 0 Å². The van der Waals surface area contributed by atoms with Crippen LogP contribution in [0.3, 0.4) is 0 Å². The van der Waals surface area contributed by atoms with E-state index in [9.17, 15) is 0 Å². The molecule has 5 heteroatoms. The number of rotatable bonds is 7. The molecule has 2 aromatic rings. The van der Waals surface area contributed by atoms with Crippen LogP contribution in [0.25, 0.3) is 0 Å². The number of nitrogens with zero attached hydrogens (tertiary/aromatic N) is 3. The van der Waals surface area contributed by atoms with Gasteiger partial charge in [-0.1, -0.05) is 13.8 Å². The topological polar surface area (TPSA) is 59.9 Å². The van der Waals surface area contributed by atoms with Crippen LogP contribution in [0.1, 0.15) is 37.4 Å². The van der Waals surface area contributed by atoms with E-state index >= 15 is 0 Å². The van der Waals surface area contributed by atoms with Gasteiger partial charge in [0.2, 0.25) is 0 Å². The van der Waals surface area contributed by atoms with Gasteiger partial charge in [0.1, 0.15) is 12.1 Å². The smallest absolute Gasteiger partial charge is 0.137 e. The standard InChI is InChI=1S/C15H20N4O/c1-3-5-20-14-6-12(7-16-10-14)15(19-4-2)13-8-17-11-18-9-13/h6-11,15,19H,3-5H2,1-2H3. The third kappa shape index (κ3) is 3.74. The number of ether oxygens (including phenoxy) is 1. The molecule has 0 spiro atoms. The van der Waals surface area contributed by atoms with E-state index in [1.54, 1.807) is 6.20 Å². The van der Waals surface area contributed by atoms with E-state index in [2.05, 4.69) is 34.1 Å². The van der Waals surface area contributed by atoms with E-state index in [1.165, 1.54) is 6.33 Å². The minimum atomic E-state index is 0.0267. The Hall–Kier alpha value is -2.01. The molecule has 2 aromatic heterocycles. The Bertz CT molecular complexity index is 518. The van der Waals surface area contributed by atoms with Crippen LogP contribution in [0.15, 0.2) is 37.2 Å². The fraction of sp³-hybridized carbons (Fsp3) is 0.400. The summed E-state index contributed by atoms with van der Waals surface area (Å²) in [7, 11) is 0. The Balaban J connectivity index is 2.25. The first kappa shape index (κ1) is 14.4. The highest BCUT2D eigenvalue weighted by atomic mass is 16.5. The molecule has 0 saturated carbocycles. The Morgan fingerprint density at radius 3 is 2.50 bits per heavy atom. The first-order chi connectivity index (χ1) is 9.85. The summed E-state index contributed by atoms with van der Waals surface area (Å²) in [4.78, 5) is 12.4. The largest absolute Gasteiger partial charge is 0.492 e. The highest BCUT2D eigenvalue weighted by Gasteiger charge is 2.14. The summed E-state index contributed by atoms with van der Waals surface area (Å²) in [6.45, 7) is 5.70.